The monoisotopic (exact) mass is 407 g/mol. The third-order valence-electron chi connectivity index (χ3n) is 4.80. The molecule has 148 valence electrons. The number of nitrogens with one attached hydrogen (secondary N) is 1. The van der Waals surface area contributed by atoms with Gasteiger partial charge < -0.3 is 14.6 Å². The second-order valence-electron chi connectivity index (χ2n) is 6.77. The number of rotatable bonds is 5. The molecule has 1 amide bonds. The summed E-state index contributed by atoms with van der Waals surface area (Å²) < 4.78 is 7.40. The highest BCUT2D eigenvalue weighted by Crippen LogP contribution is 2.31. The molecule has 7 heteroatoms. The Labute approximate surface area is 172 Å². The molecular weight excluding hydrogens is 386 g/mol. The Kier molecular flexibility index (Phi) is 5.07. The molecule has 0 saturated carbocycles. The van der Waals surface area contributed by atoms with Crippen molar-refractivity contribution in [3.05, 3.63) is 58.0 Å². The van der Waals surface area contributed by atoms with Gasteiger partial charge >= 0.3 is 5.97 Å². The summed E-state index contributed by atoms with van der Waals surface area (Å²) in [4.78, 5) is 29.1. The molecule has 0 aliphatic carbocycles. The molecule has 0 radical (unpaired) electrons. The number of nitrogens with zero attached hydrogens (tertiary/aromatic N) is 2. The van der Waals surface area contributed by atoms with Crippen LogP contribution < -0.4 is 5.32 Å². The fourth-order valence-electron chi connectivity index (χ4n) is 3.59. The Bertz CT molecular complexity index is 1240. The first-order chi connectivity index (χ1) is 14.0. The van der Waals surface area contributed by atoms with Crippen molar-refractivity contribution in [3.8, 4) is 0 Å². The van der Waals surface area contributed by atoms with Crippen molar-refractivity contribution in [2.24, 2.45) is 0 Å². The van der Waals surface area contributed by atoms with Gasteiger partial charge in [0.25, 0.3) is 5.91 Å². The van der Waals surface area contributed by atoms with E-state index < -0.39 is 5.97 Å². The Hall–Kier alpha value is -3.19. The molecule has 0 saturated heterocycles. The van der Waals surface area contributed by atoms with Gasteiger partial charge in [-0.3, -0.25) is 4.79 Å². The molecule has 0 aliphatic rings. The lowest BCUT2D eigenvalue weighted by molar-refractivity contribution is -0.119. The third-order valence-corrected chi connectivity index (χ3v) is 5.85. The maximum Gasteiger partial charge on any atom is 0.350 e. The SMILES string of the molecule is CCn1c2ccccc2c2cc(NC(=O)COC(=O)c3sc(C)nc3C)ccc21. The number of carbonyl (C=O) groups excluding carboxylic acids is 2. The van der Waals surface area contributed by atoms with Crippen LogP contribution in [0.3, 0.4) is 0 Å². The van der Waals surface area contributed by atoms with E-state index in [0.717, 1.165) is 33.4 Å². The third kappa shape index (κ3) is 3.61. The largest absolute Gasteiger partial charge is 0.451 e. The number of aromatic nitrogens is 2. The van der Waals surface area contributed by atoms with Crippen LogP contribution >= 0.6 is 11.3 Å². The summed E-state index contributed by atoms with van der Waals surface area (Å²) in [5, 5.41) is 5.82. The second-order valence-corrected chi connectivity index (χ2v) is 7.97. The van der Waals surface area contributed by atoms with Crippen LogP contribution in [-0.2, 0) is 16.1 Å². The Morgan fingerprint density at radius 2 is 1.86 bits per heavy atom. The number of para-hydroxylation sites is 1. The summed E-state index contributed by atoms with van der Waals surface area (Å²) in [6.45, 7) is 6.21. The molecule has 4 rings (SSSR count). The summed E-state index contributed by atoms with van der Waals surface area (Å²) >= 11 is 1.27. The Morgan fingerprint density at radius 3 is 2.59 bits per heavy atom. The van der Waals surface area contributed by atoms with Crippen LogP contribution in [0, 0.1) is 13.8 Å². The summed E-state index contributed by atoms with van der Waals surface area (Å²) in [6, 6.07) is 14.0. The van der Waals surface area contributed by atoms with Crippen LogP contribution in [0.4, 0.5) is 5.69 Å². The van der Waals surface area contributed by atoms with Crippen LogP contribution in [0.2, 0.25) is 0 Å². The number of thiazole rings is 1. The highest BCUT2D eigenvalue weighted by Gasteiger charge is 2.17. The molecule has 0 bridgehead atoms. The molecule has 29 heavy (non-hydrogen) atoms. The number of hydrogen-bond acceptors (Lipinski definition) is 5. The lowest BCUT2D eigenvalue weighted by Crippen LogP contribution is -2.20. The van der Waals surface area contributed by atoms with Gasteiger partial charge in [0.15, 0.2) is 6.61 Å². The molecular formula is C22H21N3O3S. The first kappa shape index (κ1) is 19.1. The normalized spacial score (nSPS) is 11.1. The standard InChI is InChI=1S/C22H21N3O3S/c1-4-25-18-8-6-5-7-16(18)17-11-15(9-10-19(17)25)24-20(26)12-28-22(27)21-13(2)23-14(3)29-21/h5-11H,4,12H2,1-3H3,(H,24,26). The number of hydrogen-bond donors (Lipinski definition) is 1. The van der Waals surface area contributed by atoms with Crippen molar-refractivity contribution in [2.45, 2.75) is 27.3 Å². The smallest absolute Gasteiger partial charge is 0.350 e. The highest BCUT2D eigenvalue weighted by atomic mass is 32.1. The number of carbonyl (C=O) groups is 2. The van der Waals surface area contributed by atoms with E-state index >= 15 is 0 Å². The number of aryl methyl sites for hydroxylation is 3. The van der Waals surface area contributed by atoms with Gasteiger partial charge in [-0.05, 0) is 45.0 Å². The molecule has 0 unspecified atom stereocenters. The molecule has 2 aromatic heterocycles. The molecule has 4 aromatic rings. The minimum atomic E-state index is -0.523. The number of esters is 1. The minimum absolute atomic E-state index is 0.343. The number of benzene rings is 2. The quantitative estimate of drug-likeness (QED) is 0.488. The predicted molar refractivity (Wildman–Crippen MR) is 116 cm³/mol. The maximum atomic E-state index is 12.3. The van der Waals surface area contributed by atoms with Gasteiger partial charge in [0.1, 0.15) is 4.88 Å². The molecule has 6 nitrogen and oxygen atoms in total. The van der Waals surface area contributed by atoms with E-state index in [-0.39, 0.29) is 12.5 Å². The molecule has 2 heterocycles. The van der Waals surface area contributed by atoms with Crippen molar-refractivity contribution >= 4 is 50.7 Å². The van der Waals surface area contributed by atoms with Gasteiger partial charge in [-0.1, -0.05) is 18.2 Å². The number of fused-ring (bicyclic) bond motifs is 3. The molecule has 2 aromatic carbocycles. The first-order valence-electron chi connectivity index (χ1n) is 9.40. The molecule has 0 fully saturated rings. The van der Waals surface area contributed by atoms with Crippen LogP contribution in [0.5, 0.6) is 0 Å². The van der Waals surface area contributed by atoms with Crippen molar-refractivity contribution in [3.63, 3.8) is 0 Å². The lowest BCUT2D eigenvalue weighted by atomic mass is 10.1. The van der Waals surface area contributed by atoms with E-state index in [0.29, 0.717) is 16.3 Å². The van der Waals surface area contributed by atoms with Crippen LogP contribution in [0.25, 0.3) is 21.8 Å². The second kappa shape index (κ2) is 7.67. The average Bonchev–Trinajstić information content (AvgIpc) is 3.22. The zero-order chi connectivity index (χ0) is 20.5. The Morgan fingerprint density at radius 1 is 1.10 bits per heavy atom. The fraction of sp³-hybridized carbons (Fsp3) is 0.227. The van der Waals surface area contributed by atoms with Gasteiger partial charge in [-0.15, -0.1) is 11.3 Å². The topological polar surface area (TPSA) is 73.2 Å². The zero-order valence-corrected chi connectivity index (χ0v) is 17.3. The first-order valence-corrected chi connectivity index (χ1v) is 10.2. The van der Waals surface area contributed by atoms with Gasteiger partial charge in [0, 0.05) is 34.0 Å². The van der Waals surface area contributed by atoms with Gasteiger partial charge in [-0.2, -0.15) is 0 Å². The molecule has 1 N–H and O–H groups in total. The molecule has 0 aliphatic heterocycles. The average molecular weight is 407 g/mol. The minimum Gasteiger partial charge on any atom is -0.451 e. The predicted octanol–water partition coefficient (Wildman–Crippen LogP) is 4.68. The summed E-state index contributed by atoms with van der Waals surface area (Å²) in [5.41, 5.74) is 3.57. The van der Waals surface area contributed by atoms with Gasteiger partial charge in [0.2, 0.25) is 0 Å². The number of amides is 1. The Balaban J connectivity index is 1.50. The van der Waals surface area contributed by atoms with Crippen LogP contribution in [0.1, 0.15) is 27.3 Å². The van der Waals surface area contributed by atoms with Crippen molar-refractivity contribution in [1.82, 2.24) is 9.55 Å². The summed E-state index contributed by atoms with van der Waals surface area (Å²) in [5.74, 6) is -0.902. The zero-order valence-electron chi connectivity index (χ0n) is 16.5. The summed E-state index contributed by atoms with van der Waals surface area (Å²) in [7, 11) is 0. The van der Waals surface area contributed by atoms with E-state index in [1.54, 1.807) is 6.92 Å². The van der Waals surface area contributed by atoms with Crippen molar-refractivity contribution in [1.29, 1.82) is 0 Å². The van der Waals surface area contributed by atoms with Crippen molar-refractivity contribution < 1.29 is 14.3 Å². The fourth-order valence-corrected chi connectivity index (χ4v) is 4.40. The molecule has 0 atom stereocenters. The number of ether oxygens (including phenoxy) is 1. The van der Waals surface area contributed by atoms with E-state index in [1.807, 2.05) is 37.3 Å². The van der Waals surface area contributed by atoms with E-state index in [9.17, 15) is 9.59 Å². The van der Waals surface area contributed by atoms with Crippen LogP contribution in [-0.4, -0.2) is 28.0 Å². The molecule has 0 spiro atoms. The summed E-state index contributed by atoms with van der Waals surface area (Å²) in [6.07, 6.45) is 0. The van der Waals surface area contributed by atoms with Crippen molar-refractivity contribution in [2.75, 3.05) is 11.9 Å². The van der Waals surface area contributed by atoms with Gasteiger partial charge in [0.05, 0.1) is 10.7 Å². The van der Waals surface area contributed by atoms with E-state index in [4.69, 9.17) is 4.74 Å². The number of anilines is 1. The lowest BCUT2D eigenvalue weighted by Gasteiger charge is -2.07. The maximum absolute atomic E-state index is 12.3. The van der Waals surface area contributed by atoms with E-state index in [1.165, 1.54) is 11.3 Å². The van der Waals surface area contributed by atoms with Gasteiger partial charge in [-0.25, -0.2) is 9.78 Å². The van der Waals surface area contributed by atoms with Crippen LogP contribution in [0.15, 0.2) is 42.5 Å². The van der Waals surface area contributed by atoms with E-state index in [2.05, 4.69) is 33.9 Å². The highest BCUT2D eigenvalue weighted by molar-refractivity contribution is 7.13.